The van der Waals surface area contributed by atoms with Crippen molar-refractivity contribution < 1.29 is 4.79 Å². The molecule has 2 aliphatic rings. The highest BCUT2D eigenvalue weighted by Crippen LogP contribution is 2.29. The van der Waals surface area contributed by atoms with Gasteiger partial charge in [-0.05, 0) is 55.9 Å². The van der Waals surface area contributed by atoms with Crippen LogP contribution >= 0.6 is 0 Å². The number of piperidine rings is 1. The maximum absolute atomic E-state index is 11.7. The summed E-state index contributed by atoms with van der Waals surface area (Å²) in [7, 11) is 0. The minimum absolute atomic E-state index is 0.154. The summed E-state index contributed by atoms with van der Waals surface area (Å²) in [5.74, 6) is 0.458. The molecule has 1 amide bonds. The van der Waals surface area contributed by atoms with Crippen LogP contribution in [-0.2, 0) is 4.79 Å². The highest BCUT2D eigenvalue weighted by atomic mass is 16.1. The molecule has 0 bridgehead atoms. The Labute approximate surface area is 150 Å². The van der Waals surface area contributed by atoms with Gasteiger partial charge in [0.15, 0.2) is 0 Å². The summed E-state index contributed by atoms with van der Waals surface area (Å²) >= 11 is 0. The molecule has 1 unspecified atom stereocenters. The lowest BCUT2D eigenvalue weighted by molar-refractivity contribution is -0.122. The van der Waals surface area contributed by atoms with Crippen molar-refractivity contribution in [1.29, 1.82) is 0 Å². The second kappa shape index (κ2) is 8.02. The summed E-state index contributed by atoms with van der Waals surface area (Å²) in [6.45, 7) is 4.98. The van der Waals surface area contributed by atoms with Crippen molar-refractivity contribution in [2.45, 2.75) is 39.0 Å². The number of aryl methyl sites for hydroxylation is 1. The average molecular weight is 334 g/mol. The number of benzene rings is 1. The molecule has 1 aliphatic carbocycles. The summed E-state index contributed by atoms with van der Waals surface area (Å²) in [4.78, 5) is 11.7. The first-order valence-electron chi connectivity index (χ1n) is 8.97. The van der Waals surface area contributed by atoms with Crippen LogP contribution in [0.15, 0.2) is 60.0 Å². The van der Waals surface area contributed by atoms with E-state index in [-0.39, 0.29) is 5.91 Å². The molecule has 1 aliphatic heterocycles. The van der Waals surface area contributed by atoms with Crippen molar-refractivity contribution in [1.82, 2.24) is 10.6 Å². The largest absolute Gasteiger partial charge is 0.362 e. The van der Waals surface area contributed by atoms with Gasteiger partial charge in [0.25, 0.3) is 0 Å². The third kappa shape index (κ3) is 4.72. The van der Waals surface area contributed by atoms with Gasteiger partial charge in [0.05, 0.1) is 0 Å². The fraction of sp³-hybridized carbons (Fsp3) is 0.318. The van der Waals surface area contributed by atoms with Crippen LogP contribution < -0.4 is 10.6 Å². The second-order valence-corrected chi connectivity index (χ2v) is 6.83. The maximum atomic E-state index is 11.7. The van der Waals surface area contributed by atoms with Crippen molar-refractivity contribution >= 4 is 12.0 Å². The predicted octanol–water partition coefficient (Wildman–Crippen LogP) is 4.34. The highest BCUT2D eigenvalue weighted by molar-refractivity contribution is 5.78. The first-order valence-corrected chi connectivity index (χ1v) is 8.97. The van der Waals surface area contributed by atoms with Crippen molar-refractivity contribution in [2.75, 3.05) is 6.54 Å². The number of hydrogen-bond donors (Lipinski definition) is 2. The highest BCUT2D eigenvalue weighted by Gasteiger charge is 2.22. The Morgan fingerprint density at radius 2 is 2.08 bits per heavy atom. The topological polar surface area (TPSA) is 41.1 Å². The fourth-order valence-corrected chi connectivity index (χ4v) is 3.32. The SMILES string of the molecule is CC1=CCC=C(N/C=C\c2cc(C)ccc2C2CCNC(=O)C2)C=C1. The molecule has 2 N–H and O–H groups in total. The molecule has 3 nitrogen and oxygen atoms in total. The van der Waals surface area contributed by atoms with E-state index in [1.807, 2.05) is 6.20 Å². The van der Waals surface area contributed by atoms with Gasteiger partial charge in [-0.25, -0.2) is 0 Å². The molecule has 130 valence electrons. The molecular formula is C22H26N2O. The summed E-state index contributed by atoms with van der Waals surface area (Å²) in [6, 6.07) is 6.51. The van der Waals surface area contributed by atoms with Gasteiger partial charge >= 0.3 is 0 Å². The molecular weight excluding hydrogens is 308 g/mol. The van der Waals surface area contributed by atoms with Crippen LogP contribution in [0.4, 0.5) is 0 Å². The Hall–Kier alpha value is -2.55. The van der Waals surface area contributed by atoms with Crippen LogP contribution in [0, 0.1) is 6.92 Å². The Morgan fingerprint density at radius 3 is 2.92 bits per heavy atom. The molecule has 0 saturated carbocycles. The van der Waals surface area contributed by atoms with Crippen LogP contribution in [0.5, 0.6) is 0 Å². The van der Waals surface area contributed by atoms with Crippen molar-refractivity contribution in [3.63, 3.8) is 0 Å². The number of carbonyl (C=O) groups is 1. The van der Waals surface area contributed by atoms with Crippen LogP contribution in [0.2, 0.25) is 0 Å². The van der Waals surface area contributed by atoms with Crippen LogP contribution in [0.3, 0.4) is 0 Å². The van der Waals surface area contributed by atoms with E-state index in [9.17, 15) is 4.79 Å². The van der Waals surface area contributed by atoms with E-state index in [1.54, 1.807) is 0 Å². The number of allylic oxidation sites excluding steroid dienone is 5. The Balaban J connectivity index is 1.75. The molecule has 1 fully saturated rings. The lowest BCUT2D eigenvalue weighted by Gasteiger charge is -2.24. The molecule has 1 saturated heterocycles. The van der Waals surface area contributed by atoms with Crippen molar-refractivity contribution in [3.05, 3.63) is 76.7 Å². The van der Waals surface area contributed by atoms with Gasteiger partial charge in [-0.2, -0.15) is 0 Å². The van der Waals surface area contributed by atoms with Crippen molar-refractivity contribution in [3.8, 4) is 0 Å². The molecule has 1 heterocycles. The second-order valence-electron chi connectivity index (χ2n) is 6.83. The van der Waals surface area contributed by atoms with Crippen LogP contribution in [0.1, 0.15) is 48.8 Å². The lowest BCUT2D eigenvalue weighted by Crippen LogP contribution is -2.32. The molecule has 3 heteroatoms. The van der Waals surface area contributed by atoms with E-state index in [2.05, 4.69) is 73.1 Å². The van der Waals surface area contributed by atoms with Gasteiger partial charge < -0.3 is 10.6 Å². The zero-order chi connectivity index (χ0) is 17.6. The lowest BCUT2D eigenvalue weighted by atomic mass is 9.86. The number of rotatable bonds is 4. The van der Waals surface area contributed by atoms with Gasteiger partial charge in [-0.15, -0.1) is 0 Å². The van der Waals surface area contributed by atoms with Gasteiger partial charge in [0.2, 0.25) is 5.91 Å². The van der Waals surface area contributed by atoms with Gasteiger partial charge in [-0.1, -0.05) is 47.6 Å². The standard InChI is InChI=1S/C22H26N2O/c1-16-4-3-5-20(8-6-16)23-12-10-18-14-17(2)7-9-21(18)19-11-13-24-22(25)15-19/h4-10,12,14,19,23H,3,11,13,15H2,1-2H3,(H,24,25)/b12-10-. The Bertz CT molecular complexity index is 768. The summed E-state index contributed by atoms with van der Waals surface area (Å²) in [5.41, 5.74) is 6.09. The first kappa shape index (κ1) is 17.3. The molecule has 0 spiro atoms. The van der Waals surface area contributed by atoms with Gasteiger partial charge in [-0.3, -0.25) is 4.79 Å². The Morgan fingerprint density at radius 1 is 1.20 bits per heavy atom. The molecule has 25 heavy (non-hydrogen) atoms. The van der Waals surface area contributed by atoms with Gasteiger partial charge in [0, 0.05) is 24.9 Å². The number of hydrogen-bond acceptors (Lipinski definition) is 2. The molecule has 3 rings (SSSR count). The average Bonchev–Trinajstić information content (AvgIpc) is 2.79. The predicted molar refractivity (Wildman–Crippen MR) is 104 cm³/mol. The van der Waals surface area contributed by atoms with Crippen molar-refractivity contribution in [2.24, 2.45) is 0 Å². The zero-order valence-electron chi connectivity index (χ0n) is 15.0. The third-order valence-corrected chi connectivity index (χ3v) is 4.75. The van der Waals surface area contributed by atoms with E-state index in [0.29, 0.717) is 12.3 Å². The molecule has 0 radical (unpaired) electrons. The first-order chi connectivity index (χ1) is 12.1. The summed E-state index contributed by atoms with van der Waals surface area (Å²) in [5, 5.41) is 6.29. The van der Waals surface area contributed by atoms with E-state index in [1.165, 1.54) is 22.3 Å². The number of carbonyl (C=O) groups excluding carboxylic acids is 1. The monoisotopic (exact) mass is 334 g/mol. The van der Waals surface area contributed by atoms with Crippen LogP contribution in [-0.4, -0.2) is 12.5 Å². The normalized spacial score (nSPS) is 20.7. The Kier molecular flexibility index (Phi) is 5.54. The molecule has 1 atom stereocenters. The van der Waals surface area contributed by atoms with E-state index >= 15 is 0 Å². The quantitative estimate of drug-likeness (QED) is 0.860. The minimum Gasteiger partial charge on any atom is -0.362 e. The fourth-order valence-electron chi connectivity index (χ4n) is 3.32. The van der Waals surface area contributed by atoms with Crippen LogP contribution in [0.25, 0.3) is 6.08 Å². The smallest absolute Gasteiger partial charge is 0.220 e. The third-order valence-electron chi connectivity index (χ3n) is 4.75. The summed E-state index contributed by atoms with van der Waals surface area (Å²) < 4.78 is 0. The number of amides is 1. The maximum Gasteiger partial charge on any atom is 0.220 e. The molecule has 1 aromatic carbocycles. The molecule has 0 aromatic heterocycles. The number of nitrogens with one attached hydrogen (secondary N) is 2. The van der Waals surface area contributed by atoms with Gasteiger partial charge in [0.1, 0.15) is 0 Å². The van der Waals surface area contributed by atoms with E-state index < -0.39 is 0 Å². The minimum atomic E-state index is 0.154. The van der Waals surface area contributed by atoms with E-state index in [4.69, 9.17) is 0 Å². The summed E-state index contributed by atoms with van der Waals surface area (Å²) in [6.07, 6.45) is 15.3. The molecule has 1 aromatic rings. The van der Waals surface area contributed by atoms with E-state index in [0.717, 1.165) is 25.1 Å². The zero-order valence-corrected chi connectivity index (χ0v) is 15.0.